The van der Waals surface area contributed by atoms with Crippen molar-refractivity contribution >= 4 is 29.1 Å². The van der Waals surface area contributed by atoms with Gasteiger partial charge in [0.1, 0.15) is 5.82 Å². The van der Waals surface area contributed by atoms with Gasteiger partial charge in [-0.05, 0) is 69.4 Å². The van der Waals surface area contributed by atoms with Crippen molar-refractivity contribution < 1.29 is 0 Å². The van der Waals surface area contributed by atoms with E-state index >= 15 is 0 Å². The highest BCUT2D eigenvalue weighted by Crippen LogP contribution is 2.26. The highest BCUT2D eigenvalue weighted by molar-refractivity contribution is 7.97. The van der Waals surface area contributed by atoms with E-state index < -0.39 is 0 Å². The Hall–Kier alpha value is -2.90. The average molecular weight is 376 g/mol. The molecule has 1 aromatic carbocycles. The first-order valence-corrected chi connectivity index (χ1v) is 9.36. The van der Waals surface area contributed by atoms with Gasteiger partial charge in [0.05, 0.1) is 11.4 Å². The van der Waals surface area contributed by atoms with Gasteiger partial charge in [-0.25, -0.2) is 4.98 Å². The summed E-state index contributed by atoms with van der Waals surface area (Å²) in [7, 11) is 4.07. The highest BCUT2D eigenvalue weighted by atomic mass is 32.2. The third kappa shape index (κ3) is 3.94. The van der Waals surface area contributed by atoms with Gasteiger partial charge >= 0.3 is 0 Å². The molecular formula is C20H20N6S. The van der Waals surface area contributed by atoms with E-state index in [-0.39, 0.29) is 0 Å². The monoisotopic (exact) mass is 376 g/mol. The number of benzene rings is 1. The van der Waals surface area contributed by atoms with Gasteiger partial charge < -0.3 is 5.32 Å². The molecule has 0 saturated carbocycles. The smallest absolute Gasteiger partial charge is 0.158 e. The maximum atomic E-state index is 4.74. The first kappa shape index (κ1) is 17.5. The summed E-state index contributed by atoms with van der Waals surface area (Å²) in [6, 6.07) is 16.2. The lowest BCUT2D eigenvalue weighted by Gasteiger charge is -2.12. The van der Waals surface area contributed by atoms with E-state index in [1.165, 1.54) is 4.90 Å². The fourth-order valence-electron chi connectivity index (χ4n) is 2.81. The Kier molecular flexibility index (Phi) is 4.79. The fourth-order valence-corrected chi connectivity index (χ4v) is 3.49. The number of nitrogens with zero attached hydrogens (tertiary/aromatic N) is 5. The van der Waals surface area contributed by atoms with Crippen LogP contribution in [0.3, 0.4) is 0 Å². The van der Waals surface area contributed by atoms with Crippen LogP contribution in [0.1, 0.15) is 5.69 Å². The van der Waals surface area contributed by atoms with Crippen LogP contribution < -0.4 is 5.32 Å². The van der Waals surface area contributed by atoms with E-state index in [0.29, 0.717) is 0 Å². The standard InChI is InChI=1S/C20H20N6S/c1-14-12-19-23-18(15-8-10-21-11-9-15)13-20(26(19)24-14)22-16-4-6-17(7-5-16)27-25(2)3/h4-13,22H,1-3H3. The van der Waals surface area contributed by atoms with Gasteiger partial charge in [-0.15, -0.1) is 0 Å². The predicted molar refractivity (Wildman–Crippen MR) is 110 cm³/mol. The number of hydrogen-bond acceptors (Lipinski definition) is 6. The van der Waals surface area contributed by atoms with Crippen LogP contribution in [0.15, 0.2) is 65.8 Å². The maximum Gasteiger partial charge on any atom is 0.158 e. The topological polar surface area (TPSA) is 58.4 Å². The van der Waals surface area contributed by atoms with Crippen LogP contribution in [0.5, 0.6) is 0 Å². The summed E-state index contributed by atoms with van der Waals surface area (Å²) in [6.45, 7) is 1.97. The number of rotatable bonds is 5. The van der Waals surface area contributed by atoms with Crippen LogP contribution in [-0.4, -0.2) is 38.0 Å². The van der Waals surface area contributed by atoms with Crippen molar-refractivity contribution in [3.8, 4) is 11.3 Å². The maximum absolute atomic E-state index is 4.74. The van der Waals surface area contributed by atoms with Gasteiger partial charge in [-0.1, -0.05) is 0 Å². The van der Waals surface area contributed by atoms with Crippen molar-refractivity contribution in [1.82, 2.24) is 23.9 Å². The summed E-state index contributed by atoms with van der Waals surface area (Å²) in [5, 5.41) is 8.04. The molecule has 0 amide bonds. The lowest BCUT2D eigenvalue weighted by Crippen LogP contribution is -2.03. The van der Waals surface area contributed by atoms with Gasteiger partial charge in [0, 0.05) is 40.7 Å². The molecule has 0 aliphatic heterocycles. The van der Waals surface area contributed by atoms with E-state index in [4.69, 9.17) is 4.98 Å². The molecule has 0 fully saturated rings. The fraction of sp³-hybridized carbons (Fsp3) is 0.150. The van der Waals surface area contributed by atoms with Crippen LogP contribution >= 0.6 is 11.9 Å². The summed E-state index contributed by atoms with van der Waals surface area (Å²) in [6.07, 6.45) is 3.55. The summed E-state index contributed by atoms with van der Waals surface area (Å²) >= 11 is 1.69. The van der Waals surface area contributed by atoms with Gasteiger partial charge in [0.15, 0.2) is 5.65 Å². The molecule has 27 heavy (non-hydrogen) atoms. The predicted octanol–water partition coefficient (Wildman–Crippen LogP) is 4.41. The van der Waals surface area contributed by atoms with Crippen molar-refractivity contribution in [3.63, 3.8) is 0 Å². The molecule has 0 aliphatic rings. The molecule has 0 spiro atoms. The van der Waals surface area contributed by atoms with E-state index in [9.17, 15) is 0 Å². The summed E-state index contributed by atoms with van der Waals surface area (Å²) in [5.74, 6) is 0.868. The Bertz CT molecular complexity index is 1060. The molecule has 0 saturated heterocycles. The number of hydrogen-bond donors (Lipinski definition) is 1. The average Bonchev–Trinajstić information content (AvgIpc) is 3.04. The molecule has 0 radical (unpaired) electrons. The zero-order valence-corrected chi connectivity index (χ0v) is 16.2. The largest absolute Gasteiger partial charge is 0.340 e. The number of fused-ring (bicyclic) bond motifs is 1. The summed E-state index contributed by atoms with van der Waals surface area (Å²) in [4.78, 5) is 10.0. The van der Waals surface area contributed by atoms with Crippen LogP contribution in [0.25, 0.3) is 16.9 Å². The minimum absolute atomic E-state index is 0.809. The minimum atomic E-state index is 0.809. The minimum Gasteiger partial charge on any atom is -0.340 e. The second-order valence-electron chi connectivity index (χ2n) is 6.37. The first-order valence-electron chi connectivity index (χ1n) is 8.59. The second kappa shape index (κ2) is 7.38. The Morgan fingerprint density at radius 1 is 1.00 bits per heavy atom. The Labute approximate surface area is 162 Å². The third-order valence-corrected chi connectivity index (χ3v) is 4.79. The molecule has 136 valence electrons. The number of pyridine rings is 1. The molecule has 3 aromatic heterocycles. The zero-order chi connectivity index (χ0) is 18.8. The molecule has 0 atom stereocenters. The van der Waals surface area contributed by atoms with Gasteiger partial charge in [-0.3, -0.25) is 9.29 Å². The van der Waals surface area contributed by atoms with Crippen LogP contribution in [0.4, 0.5) is 11.5 Å². The van der Waals surface area contributed by atoms with E-state index in [2.05, 4.69) is 44.0 Å². The molecule has 6 nitrogen and oxygen atoms in total. The lowest BCUT2D eigenvalue weighted by molar-refractivity contribution is 0.702. The lowest BCUT2D eigenvalue weighted by atomic mass is 10.2. The van der Waals surface area contributed by atoms with Gasteiger partial charge in [0.2, 0.25) is 0 Å². The molecule has 1 N–H and O–H groups in total. The molecule has 4 aromatic rings. The quantitative estimate of drug-likeness (QED) is 0.521. The van der Waals surface area contributed by atoms with Crippen molar-refractivity contribution in [2.45, 2.75) is 11.8 Å². The molecule has 4 rings (SSSR count). The Morgan fingerprint density at radius 3 is 2.44 bits per heavy atom. The summed E-state index contributed by atoms with van der Waals surface area (Å²) in [5.41, 5.74) is 4.64. The number of nitrogens with one attached hydrogen (secondary N) is 1. The molecular weight excluding hydrogens is 356 g/mol. The summed E-state index contributed by atoms with van der Waals surface area (Å²) < 4.78 is 3.91. The molecule has 0 aliphatic carbocycles. The van der Waals surface area contributed by atoms with Gasteiger partial charge in [-0.2, -0.15) is 9.61 Å². The normalized spacial score (nSPS) is 11.3. The van der Waals surface area contributed by atoms with Crippen LogP contribution in [-0.2, 0) is 0 Å². The van der Waals surface area contributed by atoms with Crippen molar-refractivity contribution in [3.05, 3.63) is 66.6 Å². The Balaban J connectivity index is 1.72. The van der Waals surface area contributed by atoms with E-state index in [1.807, 2.05) is 49.8 Å². The SMILES string of the molecule is Cc1cc2nc(-c3ccncc3)cc(Nc3ccc(SN(C)C)cc3)n2n1. The van der Waals surface area contributed by atoms with Gasteiger partial charge in [0.25, 0.3) is 0 Å². The number of aromatic nitrogens is 4. The molecule has 7 heteroatoms. The Morgan fingerprint density at radius 2 is 1.74 bits per heavy atom. The first-order chi connectivity index (χ1) is 13.1. The zero-order valence-electron chi connectivity index (χ0n) is 15.4. The van der Waals surface area contributed by atoms with Crippen molar-refractivity contribution in [2.24, 2.45) is 0 Å². The van der Waals surface area contributed by atoms with E-state index in [0.717, 1.165) is 34.1 Å². The highest BCUT2D eigenvalue weighted by Gasteiger charge is 2.10. The van der Waals surface area contributed by atoms with Crippen molar-refractivity contribution in [1.29, 1.82) is 0 Å². The third-order valence-electron chi connectivity index (χ3n) is 3.94. The van der Waals surface area contributed by atoms with Crippen LogP contribution in [0, 0.1) is 6.92 Å². The molecule has 0 unspecified atom stereocenters. The second-order valence-corrected chi connectivity index (χ2v) is 7.76. The number of aryl methyl sites for hydroxylation is 1. The molecule has 3 heterocycles. The number of anilines is 2. The molecule has 0 bridgehead atoms. The van der Waals surface area contributed by atoms with E-state index in [1.54, 1.807) is 24.3 Å². The van der Waals surface area contributed by atoms with Crippen molar-refractivity contribution in [2.75, 3.05) is 19.4 Å². The van der Waals surface area contributed by atoms with Crippen LogP contribution in [0.2, 0.25) is 0 Å².